The number of nitrogens with one attached hydrogen (secondary N) is 2. The number of hydrogen-bond donors (Lipinski definition) is 3. The van der Waals surface area contributed by atoms with Gasteiger partial charge >= 0.3 is 0 Å². The van der Waals surface area contributed by atoms with Crippen molar-refractivity contribution in [2.24, 2.45) is 0 Å². The predicted octanol–water partition coefficient (Wildman–Crippen LogP) is 4.81. The van der Waals surface area contributed by atoms with Crippen LogP contribution in [0.25, 0.3) is 11.1 Å². The highest BCUT2D eigenvalue weighted by Gasteiger charge is 2.29. The molecule has 160 valence electrons. The number of amides is 1. The molecule has 0 saturated heterocycles. The number of anilines is 1. The third-order valence-corrected chi connectivity index (χ3v) is 5.46. The Morgan fingerprint density at radius 1 is 1.26 bits per heavy atom. The highest BCUT2D eigenvalue weighted by molar-refractivity contribution is 6.36. The lowest BCUT2D eigenvalue weighted by atomic mass is 10.1. The largest absolute Gasteiger partial charge is 0.462 e. The predicted molar refractivity (Wildman–Crippen MR) is 117 cm³/mol. The van der Waals surface area contributed by atoms with E-state index < -0.39 is 18.1 Å². The van der Waals surface area contributed by atoms with E-state index in [2.05, 4.69) is 15.6 Å². The van der Waals surface area contributed by atoms with Crippen LogP contribution in [-0.2, 0) is 0 Å². The lowest BCUT2D eigenvalue weighted by molar-refractivity contribution is 0.0924. The lowest BCUT2D eigenvalue weighted by Crippen LogP contribution is -2.30. The van der Waals surface area contributed by atoms with Crippen molar-refractivity contribution in [3.63, 3.8) is 0 Å². The minimum Gasteiger partial charge on any atom is -0.462 e. The van der Waals surface area contributed by atoms with Crippen LogP contribution in [0.5, 0.6) is 5.75 Å². The van der Waals surface area contributed by atoms with Gasteiger partial charge in [0.05, 0.1) is 21.7 Å². The van der Waals surface area contributed by atoms with Gasteiger partial charge in [0, 0.05) is 23.9 Å². The molecule has 0 radical (unpaired) electrons. The summed E-state index contributed by atoms with van der Waals surface area (Å²) in [5, 5.41) is 15.1. The van der Waals surface area contributed by atoms with Crippen molar-refractivity contribution in [2.45, 2.75) is 19.3 Å². The van der Waals surface area contributed by atoms with Crippen molar-refractivity contribution in [3.8, 4) is 16.9 Å². The second kappa shape index (κ2) is 8.70. The molecule has 0 fully saturated rings. The van der Waals surface area contributed by atoms with Gasteiger partial charge in [0.25, 0.3) is 5.91 Å². The zero-order valence-corrected chi connectivity index (χ0v) is 17.8. The highest BCUT2D eigenvalue weighted by atomic mass is 35.5. The Morgan fingerprint density at radius 3 is 2.71 bits per heavy atom. The number of aromatic nitrogens is 1. The topological polar surface area (TPSA) is 83.5 Å². The molecule has 1 amide bonds. The molecule has 1 aliphatic rings. The zero-order chi connectivity index (χ0) is 22.1. The van der Waals surface area contributed by atoms with Crippen LogP contribution in [0.1, 0.15) is 29.1 Å². The number of fused-ring (bicyclic) bond motifs is 1. The number of carbonyl (C=O) groups excluding carboxylic acids is 1. The van der Waals surface area contributed by atoms with E-state index in [9.17, 15) is 14.3 Å². The third-order valence-electron chi connectivity index (χ3n) is 4.75. The van der Waals surface area contributed by atoms with Gasteiger partial charge in [-0.05, 0) is 42.8 Å². The van der Waals surface area contributed by atoms with Gasteiger partial charge in [0.15, 0.2) is 11.6 Å². The van der Waals surface area contributed by atoms with Crippen LogP contribution in [0.3, 0.4) is 0 Å². The van der Waals surface area contributed by atoms with Crippen LogP contribution in [0.2, 0.25) is 10.0 Å². The average Bonchev–Trinajstić information content (AvgIpc) is 3.17. The van der Waals surface area contributed by atoms with Crippen molar-refractivity contribution in [1.29, 1.82) is 0 Å². The Hall–Kier alpha value is -2.87. The summed E-state index contributed by atoms with van der Waals surface area (Å²) in [5.74, 6) is 0.101. The molecule has 0 bridgehead atoms. The molecule has 0 saturated carbocycles. The fraction of sp³-hybridized carbons (Fsp3) is 0.182. The number of aliphatic hydroxyl groups excluding tert-OH is 1. The number of aliphatic hydroxyl groups is 1. The molecule has 2 atom stereocenters. The maximum absolute atomic E-state index is 13.9. The van der Waals surface area contributed by atoms with Gasteiger partial charge in [-0.25, -0.2) is 9.37 Å². The molecule has 9 heteroatoms. The smallest absolute Gasteiger partial charge is 0.251 e. The minimum absolute atomic E-state index is 0.109. The summed E-state index contributed by atoms with van der Waals surface area (Å²) in [7, 11) is 0. The molecule has 0 spiro atoms. The molecule has 1 aliphatic heterocycles. The van der Waals surface area contributed by atoms with Crippen LogP contribution in [-0.4, -0.2) is 28.6 Å². The Kier molecular flexibility index (Phi) is 6.00. The Balaban J connectivity index is 1.53. The first kappa shape index (κ1) is 21.4. The molecule has 31 heavy (non-hydrogen) atoms. The van der Waals surface area contributed by atoms with Crippen LogP contribution < -0.4 is 15.4 Å². The number of ether oxygens (including phenoxy) is 1. The quantitative estimate of drug-likeness (QED) is 0.474. The van der Waals surface area contributed by atoms with E-state index in [1.165, 1.54) is 12.1 Å². The molecule has 2 unspecified atom stereocenters. The maximum Gasteiger partial charge on any atom is 0.251 e. The second-order valence-corrected chi connectivity index (χ2v) is 7.89. The van der Waals surface area contributed by atoms with Gasteiger partial charge in [-0.3, -0.25) is 4.79 Å². The summed E-state index contributed by atoms with van der Waals surface area (Å²) < 4.78 is 19.8. The standard InChI is InChI=1S/C22H18Cl2FN3O3/c1-11(29)9-27-21(30)13-4-2-12(3-5-13)14-8-17-20(26-10-14)28-22(31-17)18-15(23)6-7-16(25)19(18)24/h2-8,10-11,22,29H,9H2,1H3,(H,26,28)(H,27,30). The summed E-state index contributed by atoms with van der Waals surface area (Å²) in [6.07, 6.45) is 0.276. The number of pyridine rings is 1. The van der Waals surface area contributed by atoms with Crippen molar-refractivity contribution in [1.82, 2.24) is 10.3 Å². The summed E-state index contributed by atoms with van der Waals surface area (Å²) in [6.45, 7) is 1.78. The highest BCUT2D eigenvalue weighted by Crippen LogP contribution is 2.42. The minimum atomic E-state index is -0.770. The number of nitrogens with zero attached hydrogens (tertiary/aromatic N) is 1. The monoisotopic (exact) mass is 461 g/mol. The van der Waals surface area contributed by atoms with E-state index in [0.29, 0.717) is 22.7 Å². The maximum atomic E-state index is 13.9. The molecule has 3 aromatic rings. The van der Waals surface area contributed by atoms with E-state index in [1.54, 1.807) is 43.5 Å². The first-order valence-corrected chi connectivity index (χ1v) is 10.2. The molecule has 1 aromatic heterocycles. The number of halogens is 3. The summed E-state index contributed by atoms with van der Waals surface area (Å²) in [6, 6.07) is 11.4. The molecule has 2 heterocycles. The van der Waals surface area contributed by atoms with E-state index in [1.807, 2.05) is 0 Å². The molecular formula is C22H18Cl2FN3O3. The summed E-state index contributed by atoms with van der Waals surface area (Å²) in [5.41, 5.74) is 2.38. The Morgan fingerprint density at radius 2 is 2.00 bits per heavy atom. The van der Waals surface area contributed by atoms with Gasteiger partial charge in [0.2, 0.25) is 6.23 Å². The molecule has 3 N–H and O–H groups in total. The zero-order valence-electron chi connectivity index (χ0n) is 16.3. The lowest BCUT2D eigenvalue weighted by Gasteiger charge is -2.15. The number of benzene rings is 2. The first-order chi connectivity index (χ1) is 14.8. The van der Waals surface area contributed by atoms with Crippen LogP contribution in [0.15, 0.2) is 48.7 Å². The molecule has 6 nitrogen and oxygen atoms in total. The number of hydrogen-bond acceptors (Lipinski definition) is 5. The normalized spacial score (nSPS) is 15.6. The second-order valence-electron chi connectivity index (χ2n) is 7.11. The van der Waals surface area contributed by atoms with Gasteiger partial charge in [-0.2, -0.15) is 0 Å². The van der Waals surface area contributed by atoms with Crippen LogP contribution in [0.4, 0.5) is 10.2 Å². The van der Waals surface area contributed by atoms with Gasteiger partial charge in [-0.15, -0.1) is 0 Å². The van der Waals surface area contributed by atoms with E-state index in [-0.39, 0.29) is 22.5 Å². The third kappa shape index (κ3) is 4.44. The number of rotatable bonds is 5. The first-order valence-electron chi connectivity index (χ1n) is 9.47. The summed E-state index contributed by atoms with van der Waals surface area (Å²) in [4.78, 5) is 16.5. The fourth-order valence-corrected chi connectivity index (χ4v) is 3.72. The Bertz CT molecular complexity index is 1140. The number of carbonyl (C=O) groups is 1. The SMILES string of the molecule is CC(O)CNC(=O)c1ccc(-c2cnc3c(c2)OC(c2c(Cl)ccc(F)c2Cl)N3)cc1. The van der Waals surface area contributed by atoms with E-state index in [0.717, 1.165) is 11.1 Å². The van der Waals surface area contributed by atoms with Crippen molar-refractivity contribution >= 4 is 34.9 Å². The van der Waals surface area contributed by atoms with Gasteiger partial charge in [0.1, 0.15) is 5.82 Å². The van der Waals surface area contributed by atoms with Crippen molar-refractivity contribution in [2.75, 3.05) is 11.9 Å². The van der Waals surface area contributed by atoms with E-state index >= 15 is 0 Å². The fourth-order valence-electron chi connectivity index (χ4n) is 3.15. The van der Waals surface area contributed by atoms with E-state index in [4.69, 9.17) is 27.9 Å². The molecular weight excluding hydrogens is 444 g/mol. The van der Waals surface area contributed by atoms with Crippen LogP contribution >= 0.6 is 23.2 Å². The summed E-state index contributed by atoms with van der Waals surface area (Å²) >= 11 is 12.3. The molecule has 0 aliphatic carbocycles. The van der Waals surface area contributed by atoms with Crippen molar-refractivity contribution in [3.05, 3.63) is 75.7 Å². The van der Waals surface area contributed by atoms with Gasteiger partial charge in [-0.1, -0.05) is 35.3 Å². The van der Waals surface area contributed by atoms with Crippen molar-refractivity contribution < 1.29 is 19.0 Å². The van der Waals surface area contributed by atoms with Crippen LogP contribution in [0, 0.1) is 5.82 Å². The Labute approximate surface area is 188 Å². The van der Waals surface area contributed by atoms with Gasteiger partial charge < -0.3 is 20.5 Å². The average molecular weight is 462 g/mol. The molecule has 2 aromatic carbocycles. The molecule has 4 rings (SSSR count).